The molecule has 0 aromatic heterocycles. The highest BCUT2D eigenvalue weighted by molar-refractivity contribution is 6.62. The number of halogens is 3. The second-order valence-corrected chi connectivity index (χ2v) is 7.94. The van der Waals surface area contributed by atoms with E-state index in [9.17, 15) is 13.2 Å². The van der Waals surface area contributed by atoms with Gasteiger partial charge in [-0.3, -0.25) is 0 Å². The van der Waals surface area contributed by atoms with Gasteiger partial charge in [0.25, 0.3) is 0 Å². The summed E-state index contributed by atoms with van der Waals surface area (Å²) in [6.45, 7) is 7.04. The van der Waals surface area contributed by atoms with Crippen molar-refractivity contribution in [3.8, 4) is 17.2 Å². The van der Waals surface area contributed by atoms with Gasteiger partial charge >= 0.3 is 7.12 Å². The molecule has 0 unspecified atom stereocenters. The largest absolute Gasteiger partial charge is 0.497 e. The number of hydrogen-bond acceptors (Lipinski definition) is 5. The van der Waals surface area contributed by atoms with Gasteiger partial charge in [-0.15, -0.1) is 0 Å². The van der Waals surface area contributed by atoms with Crippen molar-refractivity contribution in [2.45, 2.75) is 45.5 Å². The molecular weight excluding hydrogens is 400 g/mol. The Labute approximate surface area is 174 Å². The molecule has 0 spiro atoms. The van der Waals surface area contributed by atoms with Gasteiger partial charge in [-0.1, -0.05) is 0 Å². The Morgan fingerprint density at radius 3 is 2.00 bits per heavy atom. The number of hydrogen-bond donors (Lipinski definition) is 0. The molecule has 2 aromatic carbocycles. The third-order valence-corrected chi connectivity index (χ3v) is 5.54. The minimum atomic E-state index is -1.08. The van der Waals surface area contributed by atoms with Crippen LogP contribution in [-0.4, -0.2) is 32.5 Å². The van der Waals surface area contributed by atoms with Gasteiger partial charge in [0.15, 0.2) is 23.1 Å². The molecule has 0 saturated carbocycles. The number of rotatable bonds is 6. The topological polar surface area (TPSA) is 46.2 Å². The zero-order chi connectivity index (χ0) is 22.3. The van der Waals surface area contributed by atoms with E-state index in [4.69, 9.17) is 23.5 Å². The van der Waals surface area contributed by atoms with Gasteiger partial charge in [0, 0.05) is 11.5 Å². The molecule has 0 N–H and O–H groups in total. The Morgan fingerprint density at radius 1 is 0.833 bits per heavy atom. The predicted molar refractivity (Wildman–Crippen MR) is 106 cm³/mol. The van der Waals surface area contributed by atoms with Crippen LogP contribution in [0.25, 0.3) is 0 Å². The number of benzene rings is 2. The summed E-state index contributed by atoms with van der Waals surface area (Å²) < 4.78 is 70.3. The van der Waals surface area contributed by atoms with Crippen molar-refractivity contribution in [2.24, 2.45) is 0 Å². The van der Waals surface area contributed by atoms with E-state index < -0.39 is 35.8 Å². The van der Waals surface area contributed by atoms with Crippen LogP contribution in [0.4, 0.5) is 13.2 Å². The quantitative estimate of drug-likeness (QED) is 0.657. The highest BCUT2D eigenvalue weighted by Gasteiger charge is 2.52. The Balaban J connectivity index is 1.93. The molecule has 0 radical (unpaired) electrons. The van der Waals surface area contributed by atoms with Gasteiger partial charge in [0.1, 0.15) is 18.2 Å². The third-order valence-electron chi connectivity index (χ3n) is 5.54. The Bertz CT molecular complexity index is 933. The smallest absolute Gasteiger partial charge is 0.496 e. The van der Waals surface area contributed by atoms with E-state index in [1.54, 1.807) is 0 Å². The molecule has 1 saturated heterocycles. The predicted octanol–water partition coefficient (Wildman–Crippen LogP) is 4.00. The normalized spacial score (nSPS) is 17.2. The summed E-state index contributed by atoms with van der Waals surface area (Å²) in [4.78, 5) is 0. The first-order valence-electron chi connectivity index (χ1n) is 9.37. The standard InChI is InChI=1S/C21H24BF3O5/c1-20(2)21(3,4)30-22(29-20)13-9-18(17(27-6)10-15(13)24)28-11-12-16(26-5)8-7-14(23)19(12)25/h7-10H,11H2,1-6H3. The van der Waals surface area contributed by atoms with Gasteiger partial charge < -0.3 is 23.5 Å². The molecule has 1 heterocycles. The summed E-state index contributed by atoms with van der Waals surface area (Å²) >= 11 is 0. The molecule has 5 nitrogen and oxygen atoms in total. The maximum Gasteiger partial charge on any atom is 0.497 e. The lowest BCUT2D eigenvalue weighted by Crippen LogP contribution is -2.41. The van der Waals surface area contributed by atoms with Crippen molar-refractivity contribution < 1.29 is 36.7 Å². The van der Waals surface area contributed by atoms with Gasteiger partial charge in [0.05, 0.1) is 31.0 Å². The fourth-order valence-electron chi connectivity index (χ4n) is 3.02. The van der Waals surface area contributed by atoms with Crippen LogP contribution in [0.3, 0.4) is 0 Å². The second kappa shape index (κ2) is 8.04. The third kappa shape index (κ3) is 3.96. The van der Waals surface area contributed by atoms with Crippen LogP contribution < -0.4 is 19.7 Å². The van der Waals surface area contributed by atoms with E-state index in [1.807, 2.05) is 27.7 Å². The fraction of sp³-hybridized carbons (Fsp3) is 0.429. The lowest BCUT2D eigenvalue weighted by Gasteiger charge is -2.32. The molecule has 0 aliphatic carbocycles. The first kappa shape index (κ1) is 22.3. The maximum absolute atomic E-state index is 14.7. The van der Waals surface area contributed by atoms with Crippen LogP contribution in [0.15, 0.2) is 24.3 Å². The molecule has 3 rings (SSSR count). The van der Waals surface area contributed by atoms with E-state index >= 15 is 0 Å². The summed E-state index contributed by atoms with van der Waals surface area (Å²) in [5.41, 5.74) is -1.33. The molecule has 0 atom stereocenters. The number of ether oxygens (including phenoxy) is 3. The molecule has 30 heavy (non-hydrogen) atoms. The molecule has 1 aliphatic heterocycles. The van der Waals surface area contributed by atoms with E-state index in [2.05, 4.69) is 0 Å². The van der Waals surface area contributed by atoms with Crippen LogP contribution in [0.1, 0.15) is 33.3 Å². The van der Waals surface area contributed by atoms with Crippen LogP contribution in [-0.2, 0) is 15.9 Å². The monoisotopic (exact) mass is 424 g/mol. The summed E-state index contributed by atoms with van der Waals surface area (Å²) in [5, 5.41) is 0. The zero-order valence-corrected chi connectivity index (χ0v) is 17.8. The Kier molecular flexibility index (Phi) is 5.97. The average Bonchev–Trinajstić information content (AvgIpc) is 2.90. The zero-order valence-electron chi connectivity index (χ0n) is 17.8. The maximum atomic E-state index is 14.7. The number of methoxy groups -OCH3 is 2. The lowest BCUT2D eigenvalue weighted by atomic mass is 9.78. The highest BCUT2D eigenvalue weighted by Crippen LogP contribution is 2.38. The average molecular weight is 424 g/mol. The molecule has 1 fully saturated rings. The van der Waals surface area contributed by atoms with Gasteiger partial charge in [0.2, 0.25) is 0 Å². The SMILES string of the molecule is COc1cc(F)c(B2OC(C)(C)C(C)(C)O2)cc1OCc1c(OC)ccc(F)c1F. The Hall–Kier alpha value is -2.39. The minimum Gasteiger partial charge on any atom is -0.496 e. The summed E-state index contributed by atoms with van der Waals surface area (Å²) in [6.07, 6.45) is 0. The summed E-state index contributed by atoms with van der Waals surface area (Å²) in [7, 11) is 1.72. The summed E-state index contributed by atoms with van der Waals surface area (Å²) in [6, 6.07) is 4.77. The van der Waals surface area contributed by atoms with E-state index in [-0.39, 0.29) is 34.9 Å². The van der Waals surface area contributed by atoms with Crippen molar-refractivity contribution >= 4 is 12.6 Å². The van der Waals surface area contributed by atoms with Crippen molar-refractivity contribution in [3.63, 3.8) is 0 Å². The highest BCUT2D eigenvalue weighted by atomic mass is 19.2. The Morgan fingerprint density at radius 2 is 1.43 bits per heavy atom. The van der Waals surface area contributed by atoms with Crippen molar-refractivity contribution in [1.82, 2.24) is 0 Å². The fourth-order valence-corrected chi connectivity index (χ4v) is 3.02. The summed E-state index contributed by atoms with van der Waals surface area (Å²) in [5.74, 6) is -2.38. The molecular formula is C21H24BF3O5. The van der Waals surface area contributed by atoms with Crippen molar-refractivity contribution in [1.29, 1.82) is 0 Å². The lowest BCUT2D eigenvalue weighted by molar-refractivity contribution is 0.00578. The van der Waals surface area contributed by atoms with E-state index in [0.717, 1.165) is 12.1 Å². The first-order chi connectivity index (χ1) is 14.0. The van der Waals surface area contributed by atoms with Crippen molar-refractivity contribution in [3.05, 3.63) is 47.3 Å². The van der Waals surface area contributed by atoms with Gasteiger partial charge in [-0.05, 0) is 45.9 Å². The molecule has 1 aliphatic rings. The second-order valence-electron chi connectivity index (χ2n) is 7.94. The van der Waals surface area contributed by atoms with Crippen LogP contribution in [0.5, 0.6) is 17.2 Å². The van der Waals surface area contributed by atoms with Crippen LogP contribution in [0.2, 0.25) is 0 Å². The molecule has 2 aromatic rings. The van der Waals surface area contributed by atoms with Crippen LogP contribution >= 0.6 is 0 Å². The van der Waals surface area contributed by atoms with Gasteiger partial charge in [-0.2, -0.15) is 0 Å². The minimum absolute atomic E-state index is 0.0866. The molecule has 0 bridgehead atoms. The van der Waals surface area contributed by atoms with Gasteiger partial charge in [-0.25, -0.2) is 13.2 Å². The molecule has 9 heteroatoms. The molecule has 162 valence electrons. The van der Waals surface area contributed by atoms with E-state index in [1.165, 1.54) is 26.4 Å². The van der Waals surface area contributed by atoms with E-state index in [0.29, 0.717) is 0 Å². The van der Waals surface area contributed by atoms with Crippen molar-refractivity contribution in [2.75, 3.05) is 14.2 Å². The van der Waals surface area contributed by atoms with Crippen LogP contribution in [0, 0.1) is 17.5 Å². The first-order valence-corrected chi connectivity index (χ1v) is 9.37. The molecule has 0 amide bonds.